The Kier molecular flexibility index (Phi) is 5.48. The van der Waals surface area contributed by atoms with Crippen molar-refractivity contribution in [2.24, 2.45) is 7.05 Å². The van der Waals surface area contributed by atoms with Gasteiger partial charge in [-0.2, -0.15) is 10.2 Å². The minimum atomic E-state index is -0.129. The van der Waals surface area contributed by atoms with Crippen LogP contribution in [0.4, 0.5) is 0 Å². The maximum atomic E-state index is 13.1. The molecular formula is C24H25N5O. The van der Waals surface area contributed by atoms with Crippen LogP contribution < -0.4 is 5.32 Å². The molecule has 0 spiro atoms. The first-order valence-corrected chi connectivity index (χ1v) is 10.0. The number of benzene rings is 2. The average molecular weight is 399 g/mol. The first-order valence-electron chi connectivity index (χ1n) is 10.0. The van der Waals surface area contributed by atoms with Crippen LogP contribution in [-0.4, -0.2) is 32.0 Å². The number of para-hydroxylation sites is 1. The van der Waals surface area contributed by atoms with Crippen LogP contribution in [0.1, 0.15) is 27.3 Å². The topological polar surface area (TPSA) is 64.7 Å². The molecule has 6 heteroatoms. The van der Waals surface area contributed by atoms with E-state index in [0.717, 1.165) is 29.1 Å². The molecular weight excluding hydrogens is 374 g/mol. The molecule has 0 aliphatic rings. The van der Waals surface area contributed by atoms with Crippen molar-refractivity contribution in [2.45, 2.75) is 20.3 Å². The molecule has 6 nitrogen and oxygen atoms in total. The summed E-state index contributed by atoms with van der Waals surface area (Å²) in [6.45, 7) is 4.59. The van der Waals surface area contributed by atoms with Crippen molar-refractivity contribution in [3.8, 4) is 16.9 Å². The molecule has 2 aromatic carbocycles. The number of aryl methyl sites for hydroxylation is 2. The summed E-state index contributed by atoms with van der Waals surface area (Å²) in [7, 11) is 1.94. The van der Waals surface area contributed by atoms with Crippen LogP contribution in [0.3, 0.4) is 0 Å². The van der Waals surface area contributed by atoms with E-state index in [9.17, 15) is 4.79 Å². The number of hydrogen-bond acceptors (Lipinski definition) is 3. The first-order chi connectivity index (χ1) is 14.5. The Hall–Kier alpha value is -3.67. The normalized spacial score (nSPS) is 10.9. The standard InChI is InChI=1S/C24H25N5O/c1-17-21(18(2)28(3)26-17)14-15-25-24(30)22-16-29(20-12-8-5-9-13-20)27-23(22)19-10-6-4-7-11-19/h4-13,16H,14-15H2,1-3H3,(H,25,30). The third kappa shape index (κ3) is 3.89. The fourth-order valence-electron chi connectivity index (χ4n) is 3.64. The zero-order valence-corrected chi connectivity index (χ0v) is 17.5. The zero-order chi connectivity index (χ0) is 21.1. The number of amides is 1. The van der Waals surface area contributed by atoms with Crippen LogP contribution in [0.2, 0.25) is 0 Å². The van der Waals surface area contributed by atoms with Gasteiger partial charge < -0.3 is 5.32 Å². The quantitative estimate of drug-likeness (QED) is 0.535. The SMILES string of the molecule is Cc1nn(C)c(C)c1CCNC(=O)c1cn(-c2ccccc2)nc1-c1ccccc1. The van der Waals surface area contributed by atoms with Crippen molar-refractivity contribution >= 4 is 5.91 Å². The molecule has 2 heterocycles. The molecule has 0 unspecified atom stereocenters. The lowest BCUT2D eigenvalue weighted by Gasteiger charge is -2.06. The van der Waals surface area contributed by atoms with Gasteiger partial charge in [-0.25, -0.2) is 4.68 Å². The Bertz CT molecular complexity index is 1160. The Morgan fingerprint density at radius 2 is 1.63 bits per heavy atom. The van der Waals surface area contributed by atoms with E-state index in [1.54, 1.807) is 10.9 Å². The van der Waals surface area contributed by atoms with Gasteiger partial charge in [0.15, 0.2) is 0 Å². The molecule has 1 N–H and O–H groups in total. The van der Waals surface area contributed by atoms with E-state index in [0.29, 0.717) is 17.8 Å². The Morgan fingerprint density at radius 3 is 2.27 bits per heavy atom. The summed E-state index contributed by atoms with van der Waals surface area (Å²) >= 11 is 0. The fourth-order valence-corrected chi connectivity index (χ4v) is 3.64. The molecule has 4 rings (SSSR count). The lowest BCUT2D eigenvalue weighted by atomic mass is 10.1. The molecule has 0 fully saturated rings. The summed E-state index contributed by atoms with van der Waals surface area (Å²) in [6, 6.07) is 19.6. The van der Waals surface area contributed by atoms with Gasteiger partial charge in [-0.15, -0.1) is 0 Å². The number of nitrogens with one attached hydrogen (secondary N) is 1. The van der Waals surface area contributed by atoms with Gasteiger partial charge in [0.1, 0.15) is 5.69 Å². The van der Waals surface area contributed by atoms with E-state index in [2.05, 4.69) is 17.3 Å². The largest absolute Gasteiger partial charge is 0.352 e. The molecule has 0 bridgehead atoms. The van der Waals surface area contributed by atoms with Gasteiger partial charge in [-0.1, -0.05) is 48.5 Å². The van der Waals surface area contributed by atoms with Gasteiger partial charge in [0.05, 0.1) is 16.9 Å². The fraction of sp³-hybridized carbons (Fsp3) is 0.208. The zero-order valence-electron chi connectivity index (χ0n) is 17.5. The highest BCUT2D eigenvalue weighted by Crippen LogP contribution is 2.23. The molecule has 1 amide bonds. The van der Waals surface area contributed by atoms with Gasteiger partial charge in [0.25, 0.3) is 5.91 Å². The average Bonchev–Trinajstić information content (AvgIpc) is 3.32. The number of hydrogen-bond donors (Lipinski definition) is 1. The molecule has 0 radical (unpaired) electrons. The van der Waals surface area contributed by atoms with Gasteiger partial charge >= 0.3 is 0 Å². The molecule has 4 aromatic rings. The number of rotatable bonds is 6. The predicted octanol–water partition coefficient (Wildman–Crippen LogP) is 3.86. The van der Waals surface area contributed by atoms with Crippen molar-refractivity contribution in [3.05, 3.63) is 89.4 Å². The van der Waals surface area contributed by atoms with E-state index in [4.69, 9.17) is 5.10 Å². The van der Waals surface area contributed by atoms with Gasteiger partial charge in [-0.05, 0) is 38.0 Å². The van der Waals surface area contributed by atoms with Crippen LogP contribution >= 0.6 is 0 Å². The van der Waals surface area contributed by atoms with Crippen molar-refractivity contribution < 1.29 is 4.79 Å². The molecule has 0 saturated heterocycles. The highest BCUT2D eigenvalue weighted by atomic mass is 16.1. The Morgan fingerprint density at radius 1 is 0.967 bits per heavy atom. The maximum Gasteiger partial charge on any atom is 0.255 e. The lowest BCUT2D eigenvalue weighted by molar-refractivity contribution is 0.0954. The summed E-state index contributed by atoms with van der Waals surface area (Å²) in [6.07, 6.45) is 2.54. The predicted molar refractivity (Wildman–Crippen MR) is 118 cm³/mol. The summed E-state index contributed by atoms with van der Waals surface area (Å²) < 4.78 is 3.64. The van der Waals surface area contributed by atoms with E-state index in [-0.39, 0.29) is 5.91 Å². The Balaban J connectivity index is 1.58. The van der Waals surface area contributed by atoms with Gasteiger partial charge in [0, 0.05) is 31.0 Å². The van der Waals surface area contributed by atoms with Gasteiger partial charge in [-0.3, -0.25) is 9.48 Å². The summed E-state index contributed by atoms with van der Waals surface area (Å²) in [5.74, 6) is -0.129. The number of carbonyl (C=O) groups excluding carboxylic acids is 1. The maximum absolute atomic E-state index is 13.1. The minimum Gasteiger partial charge on any atom is -0.352 e. The van der Waals surface area contributed by atoms with E-state index in [1.165, 1.54) is 5.56 Å². The van der Waals surface area contributed by atoms with Crippen molar-refractivity contribution in [1.29, 1.82) is 0 Å². The minimum absolute atomic E-state index is 0.129. The van der Waals surface area contributed by atoms with E-state index in [1.807, 2.05) is 79.3 Å². The summed E-state index contributed by atoms with van der Waals surface area (Å²) in [4.78, 5) is 13.1. The summed E-state index contributed by atoms with van der Waals surface area (Å²) in [5, 5.41) is 12.2. The molecule has 0 saturated carbocycles. The van der Waals surface area contributed by atoms with Crippen LogP contribution in [0, 0.1) is 13.8 Å². The number of nitrogens with zero attached hydrogens (tertiary/aromatic N) is 4. The first kappa shape index (κ1) is 19.6. The van der Waals surface area contributed by atoms with Crippen molar-refractivity contribution in [3.63, 3.8) is 0 Å². The number of carbonyl (C=O) groups is 1. The second-order valence-corrected chi connectivity index (χ2v) is 7.32. The van der Waals surface area contributed by atoms with Crippen LogP contribution in [0.25, 0.3) is 16.9 Å². The molecule has 0 aliphatic carbocycles. The highest BCUT2D eigenvalue weighted by molar-refractivity contribution is 5.99. The lowest BCUT2D eigenvalue weighted by Crippen LogP contribution is -2.26. The molecule has 152 valence electrons. The monoisotopic (exact) mass is 399 g/mol. The van der Waals surface area contributed by atoms with E-state index >= 15 is 0 Å². The van der Waals surface area contributed by atoms with Crippen molar-refractivity contribution in [1.82, 2.24) is 24.9 Å². The summed E-state index contributed by atoms with van der Waals surface area (Å²) in [5.41, 5.74) is 6.37. The number of aromatic nitrogens is 4. The molecule has 0 aliphatic heterocycles. The molecule has 30 heavy (non-hydrogen) atoms. The second kappa shape index (κ2) is 8.37. The Labute approximate surface area is 176 Å². The molecule has 2 aromatic heterocycles. The smallest absolute Gasteiger partial charge is 0.255 e. The third-order valence-corrected chi connectivity index (χ3v) is 5.35. The van der Waals surface area contributed by atoms with Crippen LogP contribution in [-0.2, 0) is 13.5 Å². The van der Waals surface area contributed by atoms with Crippen molar-refractivity contribution in [2.75, 3.05) is 6.54 Å². The van der Waals surface area contributed by atoms with Crippen LogP contribution in [0.5, 0.6) is 0 Å². The second-order valence-electron chi connectivity index (χ2n) is 7.32. The van der Waals surface area contributed by atoms with Crippen LogP contribution in [0.15, 0.2) is 66.9 Å². The van der Waals surface area contributed by atoms with Gasteiger partial charge in [0.2, 0.25) is 0 Å². The molecule has 0 atom stereocenters. The van der Waals surface area contributed by atoms with E-state index < -0.39 is 0 Å². The third-order valence-electron chi connectivity index (χ3n) is 5.35. The highest BCUT2D eigenvalue weighted by Gasteiger charge is 2.19.